The molecule has 2 rings (SSSR count). The minimum Gasteiger partial charge on any atom is -0.349 e. The molecular weight excluding hydrogens is 266 g/mol. The molecule has 7 nitrogen and oxygen atoms in total. The Labute approximate surface area is 124 Å². The second kappa shape index (κ2) is 5.92. The Hall–Kier alpha value is -2.41. The maximum absolute atomic E-state index is 5.41. The highest BCUT2D eigenvalue weighted by Crippen LogP contribution is 2.17. The third-order valence-corrected chi connectivity index (χ3v) is 2.56. The van der Waals surface area contributed by atoms with Crippen molar-refractivity contribution in [3.63, 3.8) is 0 Å². The number of benzene rings is 1. The van der Waals surface area contributed by atoms with Crippen LogP contribution in [0.15, 0.2) is 24.3 Å². The van der Waals surface area contributed by atoms with Crippen LogP contribution in [0.2, 0.25) is 0 Å². The number of anilines is 4. The lowest BCUT2D eigenvalue weighted by Gasteiger charge is -2.20. The maximum Gasteiger partial charge on any atom is 0.243 e. The molecule has 1 aromatic heterocycles. The van der Waals surface area contributed by atoms with Gasteiger partial charge in [0.2, 0.25) is 17.8 Å². The summed E-state index contributed by atoms with van der Waals surface area (Å²) in [6.45, 7) is 8.12. The van der Waals surface area contributed by atoms with E-state index < -0.39 is 0 Å². The Bertz CT molecular complexity index is 602. The van der Waals surface area contributed by atoms with E-state index in [9.17, 15) is 0 Å². The number of aromatic nitrogens is 3. The van der Waals surface area contributed by atoms with Gasteiger partial charge in [-0.2, -0.15) is 15.0 Å². The zero-order chi connectivity index (χ0) is 15.5. The number of nitrogens with one attached hydrogen (secondary N) is 3. The first-order chi connectivity index (χ1) is 9.85. The van der Waals surface area contributed by atoms with Gasteiger partial charge >= 0.3 is 0 Å². The largest absolute Gasteiger partial charge is 0.349 e. The Morgan fingerprint density at radius 3 is 2.05 bits per heavy atom. The second-order valence-corrected chi connectivity index (χ2v) is 5.82. The van der Waals surface area contributed by atoms with E-state index >= 15 is 0 Å². The van der Waals surface area contributed by atoms with E-state index in [-0.39, 0.29) is 5.54 Å². The number of hydrogen-bond donors (Lipinski definition) is 4. The first kappa shape index (κ1) is 15.0. The molecule has 1 aromatic carbocycles. The number of hydrogen-bond acceptors (Lipinski definition) is 7. The lowest BCUT2D eigenvalue weighted by Crippen LogP contribution is -2.28. The molecule has 0 atom stereocenters. The van der Waals surface area contributed by atoms with Gasteiger partial charge in [0.15, 0.2) is 0 Å². The molecule has 2 aromatic rings. The summed E-state index contributed by atoms with van der Waals surface area (Å²) < 4.78 is 0. The number of hydrazine groups is 1. The van der Waals surface area contributed by atoms with Crippen molar-refractivity contribution in [1.82, 2.24) is 15.0 Å². The third kappa shape index (κ3) is 4.57. The smallest absolute Gasteiger partial charge is 0.243 e. The molecule has 5 N–H and O–H groups in total. The number of nitrogen functional groups attached to an aromatic ring is 1. The summed E-state index contributed by atoms with van der Waals surface area (Å²) >= 11 is 0. The van der Waals surface area contributed by atoms with Crippen LogP contribution in [0, 0.1) is 6.92 Å². The Kier molecular flexibility index (Phi) is 4.23. The SMILES string of the molecule is Cc1ccc(Nc2nc(NN)nc(NC(C)(C)C)n2)cc1. The predicted molar refractivity (Wildman–Crippen MR) is 85.5 cm³/mol. The quantitative estimate of drug-likeness (QED) is 0.506. The highest BCUT2D eigenvalue weighted by atomic mass is 15.4. The second-order valence-electron chi connectivity index (χ2n) is 5.82. The topological polar surface area (TPSA) is 101 Å². The summed E-state index contributed by atoms with van der Waals surface area (Å²) in [6.07, 6.45) is 0. The van der Waals surface area contributed by atoms with Crippen LogP contribution < -0.4 is 21.9 Å². The summed E-state index contributed by atoms with van der Waals surface area (Å²) in [5, 5.41) is 6.33. The van der Waals surface area contributed by atoms with Crippen LogP contribution in [0.25, 0.3) is 0 Å². The van der Waals surface area contributed by atoms with Crippen LogP contribution in [0.3, 0.4) is 0 Å². The summed E-state index contributed by atoms with van der Waals surface area (Å²) in [6, 6.07) is 7.96. The number of nitrogens with zero attached hydrogens (tertiary/aromatic N) is 3. The third-order valence-electron chi connectivity index (χ3n) is 2.56. The Balaban J connectivity index is 2.25. The van der Waals surface area contributed by atoms with Crippen LogP contribution in [-0.2, 0) is 0 Å². The highest BCUT2D eigenvalue weighted by molar-refractivity contribution is 5.56. The van der Waals surface area contributed by atoms with Gasteiger partial charge in [0.25, 0.3) is 0 Å². The average molecular weight is 287 g/mol. The first-order valence-corrected chi connectivity index (χ1v) is 6.70. The molecule has 21 heavy (non-hydrogen) atoms. The van der Waals surface area contributed by atoms with Gasteiger partial charge in [-0.05, 0) is 39.8 Å². The lowest BCUT2D eigenvalue weighted by molar-refractivity contribution is 0.625. The molecule has 0 saturated carbocycles. The lowest BCUT2D eigenvalue weighted by atomic mass is 10.1. The van der Waals surface area contributed by atoms with E-state index in [4.69, 9.17) is 5.84 Å². The zero-order valence-corrected chi connectivity index (χ0v) is 12.7. The van der Waals surface area contributed by atoms with Gasteiger partial charge in [0, 0.05) is 11.2 Å². The molecule has 0 saturated heterocycles. The average Bonchev–Trinajstić information content (AvgIpc) is 2.39. The van der Waals surface area contributed by atoms with E-state index in [1.54, 1.807) is 0 Å². The summed E-state index contributed by atoms with van der Waals surface area (Å²) in [4.78, 5) is 12.7. The van der Waals surface area contributed by atoms with Crippen molar-refractivity contribution >= 4 is 23.5 Å². The molecule has 112 valence electrons. The molecule has 0 bridgehead atoms. The summed E-state index contributed by atoms with van der Waals surface area (Å²) in [7, 11) is 0. The number of rotatable bonds is 4. The predicted octanol–water partition coefficient (Wildman–Crippen LogP) is 2.42. The van der Waals surface area contributed by atoms with Crippen LogP contribution >= 0.6 is 0 Å². The van der Waals surface area contributed by atoms with E-state index in [2.05, 4.69) is 31.0 Å². The molecule has 1 heterocycles. The van der Waals surface area contributed by atoms with E-state index in [1.807, 2.05) is 52.0 Å². The summed E-state index contributed by atoms with van der Waals surface area (Å²) in [5.74, 6) is 6.59. The minimum atomic E-state index is -0.158. The first-order valence-electron chi connectivity index (χ1n) is 6.70. The number of aryl methyl sites for hydroxylation is 1. The standard InChI is InChI=1S/C14H21N7/c1-9-5-7-10(8-6-9)16-11-17-12(20-14(2,3)4)19-13(18-11)21-15/h5-8H,15H2,1-4H3,(H3,16,17,18,19,20,21). The molecule has 7 heteroatoms. The fourth-order valence-corrected chi connectivity index (χ4v) is 1.65. The molecule has 0 aliphatic heterocycles. The maximum atomic E-state index is 5.41. The van der Waals surface area contributed by atoms with Gasteiger partial charge < -0.3 is 10.6 Å². The van der Waals surface area contributed by atoms with Crippen molar-refractivity contribution < 1.29 is 0 Å². The highest BCUT2D eigenvalue weighted by Gasteiger charge is 2.13. The van der Waals surface area contributed by atoms with Gasteiger partial charge in [-0.1, -0.05) is 17.7 Å². The van der Waals surface area contributed by atoms with Crippen molar-refractivity contribution in [2.24, 2.45) is 5.84 Å². The van der Waals surface area contributed by atoms with Crippen LogP contribution in [-0.4, -0.2) is 20.5 Å². The number of nitrogens with two attached hydrogens (primary N) is 1. The molecular formula is C14H21N7. The van der Waals surface area contributed by atoms with Gasteiger partial charge in [-0.25, -0.2) is 5.84 Å². The van der Waals surface area contributed by atoms with Crippen LogP contribution in [0.4, 0.5) is 23.5 Å². The van der Waals surface area contributed by atoms with Gasteiger partial charge in [0.1, 0.15) is 0 Å². The summed E-state index contributed by atoms with van der Waals surface area (Å²) in [5.41, 5.74) is 4.38. The molecule has 0 spiro atoms. The van der Waals surface area contributed by atoms with Gasteiger partial charge in [-0.3, -0.25) is 5.43 Å². The molecule has 0 amide bonds. The molecule has 0 aliphatic carbocycles. The Morgan fingerprint density at radius 1 is 0.905 bits per heavy atom. The molecule has 0 radical (unpaired) electrons. The van der Waals surface area contributed by atoms with Crippen molar-refractivity contribution in [3.05, 3.63) is 29.8 Å². The van der Waals surface area contributed by atoms with E-state index in [0.717, 1.165) is 5.69 Å². The Morgan fingerprint density at radius 2 is 1.48 bits per heavy atom. The fraction of sp³-hybridized carbons (Fsp3) is 0.357. The zero-order valence-electron chi connectivity index (χ0n) is 12.7. The normalized spacial score (nSPS) is 11.1. The monoisotopic (exact) mass is 287 g/mol. The van der Waals surface area contributed by atoms with Crippen molar-refractivity contribution in [2.75, 3.05) is 16.1 Å². The van der Waals surface area contributed by atoms with Gasteiger partial charge in [0.05, 0.1) is 0 Å². The molecule has 0 aliphatic rings. The van der Waals surface area contributed by atoms with Gasteiger partial charge in [-0.15, -0.1) is 0 Å². The fourth-order valence-electron chi connectivity index (χ4n) is 1.65. The van der Waals surface area contributed by atoms with Crippen molar-refractivity contribution in [2.45, 2.75) is 33.2 Å². The minimum absolute atomic E-state index is 0.158. The van der Waals surface area contributed by atoms with Crippen molar-refractivity contribution in [1.29, 1.82) is 0 Å². The van der Waals surface area contributed by atoms with Crippen molar-refractivity contribution in [3.8, 4) is 0 Å². The van der Waals surface area contributed by atoms with Crippen LogP contribution in [0.1, 0.15) is 26.3 Å². The molecule has 0 fully saturated rings. The van der Waals surface area contributed by atoms with E-state index in [1.165, 1.54) is 5.56 Å². The van der Waals surface area contributed by atoms with E-state index in [0.29, 0.717) is 17.8 Å². The van der Waals surface area contributed by atoms with Crippen LogP contribution in [0.5, 0.6) is 0 Å². The molecule has 0 unspecified atom stereocenters.